The maximum atomic E-state index is 11.9. The fourth-order valence-electron chi connectivity index (χ4n) is 3.73. The Labute approximate surface area is 175 Å². The molecule has 0 bridgehead atoms. The largest absolute Gasteiger partial charge is 0.303 e. The van der Waals surface area contributed by atoms with Crippen LogP contribution < -0.4 is 10.9 Å². The van der Waals surface area contributed by atoms with Crippen molar-refractivity contribution in [2.24, 2.45) is 10.2 Å². The second-order valence-corrected chi connectivity index (χ2v) is 7.96. The van der Waals surface area contributed by atoms with E-state index in [1.54, 1.807) is 0 Å². The molecule has 0 aromatic heterocycles. The van der Waals surface area contributed by atoms with Crippen LogP contribution in [0.25, 0.3) is 0 Å². The van der Waals surface area contributed by atoms with Gasteiger partial charge in [0.2, 0.25) is 11.8 Å². The third-order valence-electron chi connectivity index (χ3n) is 5.43. The maximum Gasteiger partial charge on any atom is 0.240 e. The van der Waals surface area contributed by atoms with Crippen molar-refractivity contribution >= 4 is 23.2 Å². The quantitative estimate of drug-likeness (QED) is 0.544. The number of likely N-dealkylation sites (tertiary alicyclic amines) is 2. The molecule has 164 valence electrons. The molecule has 8 heteroatoms. The molecule has 0 spiro atoms. The number of nitrogens with one attached hydrogen (secondary N) is 2. The number of nitrogens with zero attached hydrogens (tertiary/aromatic N) is 4. The third-order valence-corrected chi connectivity index (χ3v) is 5.43. The summed E-state index contributed by atoms with van der Waals surface area (Å²) in [5.74, 6) is -0.258. The highest BCUT2D eigenvalue weighted by Gasteiger charge is 2.15. The van der Waals surface area contributed by atoms with Crippen LogP contribution in [0.5, 0.6) is 0 Å². The van der Waals surface area contributed by atoms with Crippen LogP contribution in [0, 0.1) is 0 Å². The van der Waals surface area contributed by atoms with E-state index in [1.165, 1.54) is 12.8 Å². The van der Waals surface area contributed by atoms with Gasteiger partial charge in [-0.2, -0.15) is 10.2 Å². The van der Waals surface area contributed by atoms with Gasteiger partial charge in [0.25, 0.3) is 0 Å². The molecule has 0 saturated carbocycles. The molecular weight excluding hydrogens is 368 g/mol. The number of hydrogen-bond donors (Lipinski definition) is 2. The predicted octanol–water partition coefficient (Wildman–Crippen LogP) is 2.11. The van der Waals surface area contributed by atoms with Crippen molar-refractivity contribution in [3.05, 3.63) is 0 Å². The number of rotatable bonds is 10. The number of carbonyl (C=O) groups excluding carboxylic acids is 2. The average Bonchev–Trinajstić information content (AvgIpc) is 2.73. The van der Waals surface area contributed by atoms with Crippen molar-refractivity contribution in [1.29, 1.82) is 0 Å². The summed E-state index contributed by atoms with van der Waals surface area (Å²) in [5, 5.41) is 8.51. The summed E-state index contributed by atoms with van der Waals surface area (Å²) in [7, 11) is 0. The minimum Gasteiger partial charge on any atom is -0.303 e. The second kappa shape index (κ2) is 13.4. The molecule has 0 aromatic rings. The highest BCUT2D eigenvalue weighted by Crippen LogP contribution is 2.08. The molecule has 2 fully saturated rings. The predicted molar refractivity (Wildman–Crippen MR) is 117 cm³/mol. The molecule has 2 aliphatic heterocycles. The summed E-state index contributed by atoms with van der Waals surface area (Å²) >= 11 is 0. The summed E-state index contributed by atoms with van der Waals surface area (Å²) in [4.78, 5) is 28.7. The molecule has 2 N–H and O–H groups in total. The van der Waals surface area contributed by atoms with E-state index < -0.39 is 0 Å². The van der Waals surface area contributed by atoms with Gasteiger partial charge in [-0.15, -0.1) is 0 Å². The van der Waals surface area contributed by atoms with Crippen molar-refractivity contribution < 1.29 is 9.59 Å². The Morgan fingerprint density at radius 1 is 0.759 bits per heavy atom. The summed E-state index contributed by atoms with van der Waals surface area (Å²) in [5.41, 5.74) is 7.39. The standard InChI is InChI=1S/C21H38N6O2/c1-3-12-26-14-8-18(9-15-26)22-24-20(28)6-5-7-21(29)25-23-19-10-16-27(13-4-2)17-11-19/h3-17H2,1-2H3,(H,24,28)(H,25,29). The molecule has 0 radical (unpaired) electrons. The highest BCUT2D eigenvalue weighted by atomic mass is 16.2. The lowest BCUT2D eigenvalue weighted by molar-refractivity contribution is -0.122. The first-order valence-electron chi connectivity index (χ1n) is 11.2. The van der Waals surface area contributed by atoms with Crippen molar-refractivity contribution in [3.63, 3.8) is 0 Å². The van der Waals surface area contributed by atoms with E-state index in [0.717, 1.165) is 76.4 Å². The van der Waals surface area contributed by atoms with Crippen LogP contribution in [0.1, 0.15) is 71.6 Å². The lowest BCUT2D eigenvalue weighted by Crippen LogP contribution is -2.35. The zero-order valence-electron chi connectivity index (χ0n) is 18.2. The summed E-state index contributed by atoms with van der Waals surface area (Å²) < 4.78 is 0. The molecule has 8 nitrogen and oxygen atoms in total. The van der Waals surface area contributed by atoms with Crippen LogP contribution >= 0.6 is 0 Å². The molecule has 2 amide bonds. The number of amides is 2. The van der Waals surface area contributed by atoms with E-state index in [9.17, 15) is 9.59 Å². The lowest BCUT2D eigenvalue weighted by atomic mass is 10.1. The van der Waals surface area contributed by atoms with Crippen LogP contribution in [-0.4, -0.2) is 72.3 Å². The van der Waals surface area contributed by atoms with Gasteiger partial charge in [0.05, 0.1) is 0 Å². The summed E-state index contributed by atoms with van der Waals surface area (Å²) in [6.07, 6.45) is 7.10. The highest BCUT2D eigenvalue weighted by molar-refractivity contribution is 5.88. The minimum atomic E-state index is -0.129. The SMILES string of the molecule is CCCN1CCC(=NNC(=O)CCCC(=O)NN=C2CCN(CCC)CC2)CC1. The Kier molecular flexibility index (Phi) is 10.9. The van der Waals surface area contributed by atoms with Crippen molar-refractivity contribution in [2.75, 3.05) is 39.3 Å². The molecule has 2 heterocycles. The maximum absolute atomic E-state index is 11.9. The third kappa shape index (κ3) is 9.49. The van der Waals surface area contributed by atoms with Crippen LogP contribution in [0.2, 0.25) is 0 Å². The van der Waals surface area contributed by atoms with Gasteiger partial charge < -0.3 is 9.80 Å². The fourth-order valence-corrected chi connectivity index (χ4v) is 3.73. The van der Waals surface area contributed by atoms with Crippen LogP contribution in [0.15, 0.2) is 10.2 Å². The second-order valence-electron chi connectivity index (χ2n) is 7.96. The molecule has 2 saturated heterocycles. The Bertz CT molecular complexity index is 520. The van der Waals surface area contributed by atoms with Gasteiger partial charge >= 0.3 is 0 Å². The van der Waals surface area contributed by atoms with Gasteiger partial charge in [-0.05, 0) is 32.4 Å². The van der Waals surface area contributed by atoms with Crippen molar-refractivity contribution in [2.45, 2.75) is 71.6 Å². The number of carbonyl (C=O) groups is 2. The molecular formula is C21H38N6O2. The molecule has 0 atom stereocenters. The average molecular weight is 407 g/mol. The van der Waals surface area contributed by atoms with E-state index in [0.29, 0.717) is 19.3 Å². The first kappa shape index (κ1) is 23.5. The van der Waals surface area contributed by atoms with Gasteiger partial charge in [0, 0.05) is 76.1 Å². The van der Waals surface area contributed by atoms with Crippen molar-refractivity contribution in [3.8, 4) is 0 Å². The van der Waals surface area contributed by atoms with Gasteiger partial charge in [-0.3, -0.25) is 9.59 Å². The number of piperidine rings is 2. The Morgan fingerprint density at radius 3 is 1.48 bits per heavy atom. The minimum absolute atomic E-state index is 0.129. The fraction of sp³-hybridized carbons (Fsp3) is 0.810. The monoisotopic (exact) mass is 406 g/mol. The first-order valence-corrected chi connectivity index (χ1v) is 11.2. The molecule has 29 heavy (non-hydrogen) atoms. The molecule has 0 unspecified atom stereocenters. The molecule has 2 rings (SSSR count). The lowest BCUT2D eigenvalue weighted by Gasteiger charge is -2.26. The number of hydrogen-bond acceptors (Lipinski definition) is 6. The van der Waals surface area contributed by atoms with Gasteiger partial charge in [-0.1, -0.05) is 13.8 Å². The molecule has 0 aromatic carbocycles. The van der Waals surface area contributed by atoms with Gasteiger partial charge in [-0.25, -0.2) is 10.9 Å². The van der Waals surface area contributed by atoms with Gasteiger partial charge in [0.1, 0.15) is 0 Å². The van der Waals surface area contributed by atoms with E-state index >= 15 is 0 Å². The zero-order chi connectivity index (χ0) is 20.9. The van der Waals surface area contributed by atoms with Gasteiger partial charge in [0.15, 0.2) is 0 Å². The summed E-state index contributed by atoms with van der Waals surface area (Å²) in [6.45, 7) is 10.7. The molecule has 0 aliphatic carbocycles. The van der Waals surface area contributed by atoms with Crippen LogP contribution in [-0.2, 0) is 9.59 Å². The summed E-state index contributed by atoms with van der Waals surface area (Å²) in [6, 6.07) is 0. The Balaban J connectivity index is 1.55. The smallest absolute Gasteiger partial charge is 0.240 e. The van der Waals surface area contributed by atoms with Crippen molar-refractivity contribution in [1.82, 2.24) is 20.7 Å². The molecule has 2 aliphatic rings. The normalized spacial score (nSPS) is 18.4. The van der Waals surface area contributed by atoms with Crippen LogP contribution in [0.4, 0.5) is 0 Å². The van der Waals surface area contributed by atoms with E-state index in [1.807, 2.05) is 0 Å². The number of hydrazone groups is 2. The Morgan fingerprint density at radius 2 is 1.14 bits per heavy atom. The van der Waals surface area contributed by atoms with Crippen LogP contribution in [0.3, 0.4) is 0 Å². The van der Waals surface area contributed by atoms with E-state index in [2.05, 4.69) is 44.7 Å². The zero-order valence-corrected chi connectivity index (χ0v) is 18.2. The topological polar surface area (TPSA) is 89.4 Å². The first-order chi connectivity index (χ1) is 14.1. The Hall–Kier alpha value is -1.80. The van der Waals surface area contributed by atoms with E-state index in [-0.39, 0.29) is 11.8 Å². The van der Waals surface area contributed by atoms with E-state index in [4.69, 9.17) is 0 Å².